The lowest BCUT2D eigenvalue weighted by molar-refractivity contribution is -0.120. The van der Waals surface area contributed by atoms with Gasteiger partial charge in [0, 0.05) is 43.7 Å². The van der Waals surface area contributed by atoms with Crippen molar-refractivity contribution in [3.63, 3.8) is 0 Å². The van der Waals surface area contributed by atoms with Crippen LogP contribution < -0.4 is 15.4 Å². The van der Waals surface area contributed by atoms with Crippen molar-refractivity contribution < 1.29 is 17.9 Å². The van der Waals surface area contributed by atoms with Crippen molar-refractivity contribution >= 4 is 28.3 Å². The first-order chi connectivity index (χ1) is 11.8. The number of amides is 1. The molecule has 1 aromatic rings. The Kier molecular flexibility index (Phi) is 8.33. The van der Waals surface area contributed by atoms with Crippen molar-refractivity contribution in [2.45, 2.75) is 50.7 Å². The van der Waals surface area contributed by atoms with Gasteiger partial charge >= 0.3 is 0 Å². The zero-order chi connectivity index (χ0) is 18.6. The molecule has 7 nitrogen and oxygen atoms in total. The lowest BCUT2D eigenvalue weighted by Gasteiger charge is -2.37. The lowest BCUT2D eigenvalue weighted by Crippen LogP contribution is -2.57. The quantitative estimate of drug-likeness (QED) is 0.749. The van der Waals surface area contributed by atoms with Crippen LogP contribution >= 0.6 is 12.4 Å². The van der Waals surface area contributed by atoms with Crippen molar-refractivity contribution in [3.05, 3.63) is 23.8 Å². The number of carbonyl (C=O) groups is 1. The SMILES string of the molecule is CCC(=O)NCc1cc(S(=O)(=O)N2CCNC(C)C2C)ccc1OC.Cl. The highest BCUT2D eigenvalue weighted by atomic mass is 35.5. The van der Waals surface area contributed by atoms with Crippen LogP contribution in [-0.4, -0.2) is 50.9 Å². The lowest BCUT2D eigenvalue weighted by atomic mass is 10.1. The van der Waals surface area contributed by atoms with Crippen LogP contribution in [0.25, 0.3) is 0 Å². The fourth-order valence-corrected chi connectivity index (χ4v) is 4.63. The van der Waals surface area contributed by atoms with E-state index in [4.69, 9.17) is 4.74 Å². The van der Waals surface area contributed by atoms with E-state index in [9.17, 15) is 13.2 Å². The van der Waals surface area contributed by atoms with Crippen LogP contribution in [0.1, 0.15) is 32.8 Å². The van der Waals surface area contributed by atoms with E-state index in [1.165, 1.54) is 11.4 Å². The Labute approximate surface area is 161 Å². The maximum absolute atomic E-state index is 13.1. The van der Waals surface area contributed by atoms with Crippen LogP contribution in [0.15, 0.2) is 23.1 Å². The van der Waals surface area contributed by atoms with Crippen molar-refractivity contribution in [3.8, 4) is 5.75 Å². The number of piperazine rings is 1. The number of nitrogens with one attached hydrogen (secondary N) is 2. The van der Waals surface area contributed by atoms with Crippen LogP contribution in [0, 0.1) is 0 Å². The summed E-state index contributed by atoms with van der Waals surface area (Å²) in [4.78, 5) is 11.7. The van der Waals surface area contributed by atoms with Crippen LogP contribution in [-0.2, 0) is 21.4 Å². The molecule has 1 fully saturated rings. The maximum Gasteiger partial charge on any atom is 0.243 e. The molecule has 1 saturated heterocycles. The van der Waals surface area contributed by atoms with Crippen molar-refractivity contribution in [1.82, 2.24) is 14.9 Å². The monoisotopic (exact) mass is 405 g/mol. The van der Waals surface area contributed by atoms with Crippen LogP contribution in [0.4, 0.5) is 0 Å². The number of halogens is 1. The van der Waals surface area contributed by atoms with Crippen molar-refractivity contribution in [1.29, 1.82) is 0 Å². The number of benzene rings is 1. The number of sulfonamides is 1. The van der Waals surface area contributed by atoms with Crippen LogP contribution in [0.5, 0.6) is 5.75 Å². The third-order valence-electron chi connectivity index (χ3n) is 4.63. The van der Waals surface area contributed by atoms with Crippen molar-refractivity contribution in [2.75, 3.05) is 20.2 Å². The fourth-order valence-electron chi connectivity index (χ4n) is 2.87. The minimum Gasteiger partial charge on any atom is -0.496 e. The summed E-state index contributed by atoms with van der Waals surface area (Å²) in [6.45, 7) is 6.93. The third-order valence-corrected chi connectivity index (χ3v) is 6.61. The maximum atomic E-state index is 13.1. The van der Waals surface area contributed by atoms with Gasteiger partial charge in [-0.15, -0.1) is 12.4 Å². The number of carbonyl (C=O) groups excluding carboxylic acids is 1. The van der Waals surface area contributed by atoms with Gasteiger partial charge in [-0.25, -0.2) is 8.42 Å². The smallest absolute Gasteiger partial charge is 0.243 e. The largest absolute Gasteiger partial charge is 0.496 e. The minimum absolute atomic E-state index is 0. The molecule has 2 unspecified atom stereocenters. The van der Waals surface area contributed by atoms with Crippen LogP contribution in [0.3, 0.4) is 0 Å². The van der Waals surface area contributed by atoms with E-state index in [-0.39, 0.29) is 41.8 Å². The Balaban J connectivity index is 0.00000338. The zero-order valence-corrected chi connectivity index (χ0v) is 17.2. The summed E-state index contributed by atoms with van der Waals surface area (Å²) in [6, 6.07) is 4.73. The molecule has 0 spiro atoms. The summed E-state index contributed by atoms with van der Waals surface area (Å²) in [5.74, 6) is 0.456. The van der Waals surface area contributed by atoms with Gasteiger partial charge < -0.3 is 15.4 Å². The van der Waals surface area contributed by atoms with E-state index in [1.807, 2.05) is 13.8 Å². The molecule has 148 valence electrons. The van der Waals surface area contributed by atoms with E-state index in [2.05, 4.69) is 10.6 Å². The molecule has 1 aromatic carbocycles. The number of rotatable bonds is 6. The van der Waals surface area contributed by atoms with Gasteiger partial charge in [-0.2, -0.15) is 4.31 Å². The van der Waals surface area contributed by atoms with E-state index in [0.717, 1.165) is 0 Å². The first kappa shape index (κ1) is 22.7. The molecule has 0 radical (unpaired) electrons. The number of hydrogen-bond acceptors (Lipinski definition) is 5. The van der Waals surface area contributed by atoms with Crippen molar-refractivity contribution in [2.24, 2.45) is 0 Å². The summed E-state index contributed by atoms with van der Waals surface area (Å²) in [5.41, 5.74) is 0.640. The molecule has 1 aliphatic heterocycles. The van der Waals surface area contributed by atoms with Gasteiger partial charge in [0.05, 0.1) is 12.0 Å². The Morgan fingerprint density at radius 2 is 2.08 bits per heavy atom. The summed E-state index contributed by atoms with van der Waals surface area (Å²) in [6.07, 6.45) is 0.372. The molecule has 0 saturated carbocycles. The molecule has 26 heavy (non-hydrogen) atoms. The summed E-state index contributed by atoms with van der Waals surface area (Å²) in [5, 5.41) is 6.04. The molecule has 1 aliphatic rings. The Bertz CT molecular complexity index is 727. The van der Waals surface area contributed by atoms with Gasteiger partial charge in [0.1, 0.15) is 5.75 Å². The third kappa shape index (κ3) is 4.88. The van der Waals surface area contributed by atoms with E-state index >= 15 is 0 Å². The Morgan fingerprint density at radius 3 is 2.69 bits per heavy atom. The van der Waals surface area contributed by atoms with Crippen LogP contribution in [0.2, 0.25) is 0 Å². The zero-order valence-electron chi connectivity index (χ0n) is 15.6. The molecule has 0 aliphatic carbocycles. The predicted octanol–water partition coefficient (Wildman–Crippen LogP) is 1.51. The number of nitrogens with zero attached hydrogens (tertiary/aromatic N) is 1. The molecule has 9 heteroatoms. The first-order valence-corrected chi connectivity index (χ1v) is 9.94. The topological polar surface area (TPSA) is 87.7 Å². The molecule has 0 bridgehead atoms. The highest BCUT2D eigenvalue weighted by Crippen LogP contribution is 2.26. The van der Waals surface area contributed by atoms with Gasteiger partial charge in [0.15, 0.2) is 0 Å². The van der Waals surface area contributed by atoms with Gasteiger partial charge in [0.25, 0.3) is 0 Å². The number of methoxy groups -OCH3 is 1. The highest BCUT2D eigenvalue weighted by Gasteiger charge is 2.34. The summed E-state index contributed by atoms with van der Waals surface area (Å²) in [7, 11) is -2.09. The molecule has 1 heterocycles. The molecule has 2 N–H and O–H groups in total. The Hall–Kier alpha value is -1.35. The van der Waals surface area contributed by atoms with E-state index < -0.39 is 10.0 Å². The Morgan fingerprint density at radius 1 is 1.38 bits per heavy atom. The average molecular weight is 406 g/mol. The molecular weight excluding hydrogens is 378 g/mol. The standard InChI is InChI=1S/C17H27N3O4S.ClH/c1-5-17(21)19-11-14-10-15(6-7-16(14)24-4)25(22,23)20-9-8-18-12(2)13(20)3;/h6-7,10,12-13,18H,5,8-9,11H2,1-4H3,(H,19,21);1H. The average Bonchev–Trinajstić information content (AvgIpc) is 2.61. The van der Waals surface area contributed by atoms with Gasteiger partial charge in [-0.05, 0) is 32.0 Å². The van der Waals surface area contributed by atoms with E-state index in [1.54, 1.807) is 25.1 Å². The van der Waals surface area contributed by atoms with Gasteiger partial charge in [-0.3, -0.25) is 4.79 Å². The number of hydrogen-bond donors (Lipinski definition) is 2. The number of ether oxygens (including phenoxy) is 1. The molecule has 2 rings (SSSR count). The predicted molar refractivity (Wildman–Crippen MR) is 103 cm³/mol. The second-order valence-electron chi connectivity index (χ2n) is 6.20. The normalized spacial score (nSPS) is 20.9. The minimum atomic E-state index is -3.61. The summed E-state index contributed by atoms with van der Waals surface area (Å²) < 4.78 is 32.9. The van der Waals surface area contributed by atoms with E-state index in [0.29, 0.717) is 30.8 Å². The fraction of sp³-hybridized carbons (Fsp3) is 0.588. The first-order valence-electron chi connectivity index (χ1n) is 8.50. The second kappa shape index (κ2) is 9.55. The summed E-state index contributed by atoms with van der Waals surface area (Å²) >= 11 is 0. The second-order valence-corrected chi connectivity index (χ2v) is 8.09. The molecular formula is C17H28ClN3O4S. The van der Waals surface area contributed by atoms with Gasteiger partial charge in [0.2, 0.25) is 15.9 Å². The molecule has 1 amide bonds. The molecule has 0 aromatic heterocycles. The van der Waals surface area contributed by atoms with Gasteiger partial charge in [-0.1, -0.05) is 6.92 Å². The highest BCUT2D eigenvalue weighted by molar-refractivity contribution is 7.89. The molecule has 2 atom stereocenters.